The first-order valence-corrected chi connectivity index (χ1v) is 7.50. The molecule has 2 aromatic rings. The fourth-order valence-corrected chi connectivity index (χ4v) is 3.02. The fraction of sp³-hybridized carbons (Fsp3) is 0.412. The molecule has 1 aliphatic carbocycles. The van der Waals surface area contributed by atoms with Crippen LogP contribution in [0.15, 0.2) is 30.5 Å². The standard InChI is InChI=1S/C17H20N2O2/c1-21-16-9-5-6-13(10-16)17-14(12-20)11-19(18-17)15-7-3-2-4-8-15/h5-6,9-12,15H,2-4,7-8H2,1H3. The summed E-state index contributed by atoms with van der Waals surface area (Å²) in [6.07, 6.45) is 8.87. The van der Waals surface area contributed by atoms with Gasteiger partial charge in [0.05, 0.1) is 18.7 Å². The second kappa shape index (κ2) is 6.12. The maximum absolute atomic E-state index is 11.4. The molecule has 4 heteroatoms. The third-order valence-electron chi connectivity index (χ3n) is 4.18. The van der Waals surface area contributed by atoms with E-state index in [1.807, 2.05) is 35.1 Å². The number of hydrogen-bond acceptors (Lipinski definition) is 3. The minimum absolute atomic E-state index is 0.428. The average molecular weight is 284 g/mol. The van der Waals surface area contributed by atoms with Crippen LogP contribution in [0.2, 0.25) is 0 Å². The zero-order valence-electron chi connectivity index (χ0n) is 12.3. The van der Waals surface area contributed by atoms with Crippen LogP contribution in [0.5, 0.6) is 5.75 Å². The average Bonchev–Trinajstić information content (AvgIpc) is 3.00. The zero-order chi connectivity index (χ0) is 14.7. The highest BCUT2D eigenvalue weighted by Crippen LogP contribution is 2.31. The number of aromatic nitrogens is 2. The van der Waals surface area contributed by atoms with Gasteiger partial charge in [-0.3, -0.25) is 9.48 Å². The van der Waals surface area contributed by atoms with Crippen LogP contribution in [0.1, 0.15) is 48.5 Å². The van der Waals surface area contributed by atoms with E-state index in [0.717, 1.165) is 36.1 Å². The highest BCUT2D eigenvalue weighted by atomic mass is 16.5. The lowest BCUT2D eigenvalue weighted by Crippen LogP contribution is -2.13. The topological polar surface area (TPSA) is 44.1 Å². The van der Waals surface area contributed by atoms with Gasteiger partial charge in [0.15, 0.2) is 6.29 Å². The van der Waals surface area contributed by atoms with E-state index >= 15 is 0 Å². The minimum Gasteiger partial charge on any atom is -0.497 e. The van der Waals surface area contributed by atoms with Gasteiger partial charge in [-0.05, 0) is 25.0 Å². The molecule has 4 nitrogen and oxygen atoms in total. The van der Waals surface area contributed by atoms with Crippen molar-refractivity contribution in [3.8, 4) is 17.0 Å². The molecule has 1 fully saturated rings. The molecule has 1 aromatic carbocycles. The van der Waals surface area contributed by atoms with Gasteiger partial charge in [0.25, 0.3) is 0 Å². The van der Waals surface area contributed by atoms with Gasteiger partial charge in [-0.15, -0.1) is 0 Å². The first-order chi connectivity index (χ1) is 10.3. The highest BCUT2D eigenvalue weighted by Gasteiger charge is 2.19. The van der Waals surface area contributed by atoms with Crippen LogP contribution < -0.4 is 4.74 Å². The summed E-state index contributed by atoms with van der Waals surface area (Å²) in [5.74, 6) is 0.775. The molecule has 0 bridgehead atoms. The maximum atomic E-state index is 11.4. The van der Waals surface area contributed by atoms with E-state index in [1.54, 1.807) is 7.11 Å². The van der Waals surface area contributed by atoms with E-state index in [-0.39, 0.29) is 0 Å². The Labute approximate surface area is 124 Å². The summed E-state index contributed by atoms with van der Waals surface area (Å²) in [4.78, 5) is 11.4. The summed E-state index contributed by atoms with van der Waals surface area (Å²) >= 11 is 0. The monoisotopic (exact) mass is 284 g/mol. The number of hydrogen-bond donors (Lipinski definition) is 0. The van der Waals surface area contributed by atoms with Crippen molar-refractivity contribution in [1.82, 2.24) is 9.78 Å². The first-order valence-electron chi connectivity index (χ1n) is 7.50. The lowest BCUT2D eigenvalue weighted by molar-refractivity contribution is 0.112. The molecular formula is C17H20N2O2. The third-order valence-corrected chi connectivity index (χ3v) is 4.18. The number of benzene rings is 1. The SMILES string of the molecule is COc1cccc(-c2nn(C3CCCCC3)cc2C=O)c1. The van der Waals surface area contributed by atoms with Gasteiger partial charge in [-0.1, -0.05) is 31.4 Å². The molecule has 0 saturated heterocycles. The summed E-state index contributed by atoms with van der Waals surface area (Å²) in [7, 11) is 1.64. The molecule has 0 amide bonds. The quantitative estimate of drug-likeness (QED) is 0.800. The van der Waals surface area contributed by atoms with E-state index in [1.165, 1.54) is 19.3 Å². The van der Waals surface area contributed by atoms with Crippen molar-refractivity contribution in [1.29, 1.82) is 0 Å². The molecule has 0 aliphatic heterocycles. The molecular weight excluding hydrogens is 264 g/mol. The summed E-state index contributed by atoms with van der Waals surface area (Å²) in [6.45, 7) is 0. The zero-order valence-corrected chi connectivity index (χ0v) is 12.3. The fourth-order valence-electron chi connectivity index (χ4n) is 3.02. The van der Waals surface area contributed by atoms with Crippen LogP contribution in [0, 0.1) is 0 Å². The van der Waals surface area contributed by atoms with Gasteiger partial charge in [0, 0.05) is 11.8 Å². The number of carbonyl (C=O) groups is 1. The van der Waals surface area contributed by atoms with Crippen molar-refractivity contribution in [3.05, 3.63) is 36.0 Å². The molecule has 0 atom stereocenters. The lowest BCUT2D eigenvalue weighted by atomic mass is 9.96. The first kappa shape index (κ1) is 13.9. The Hall–Kier alpha value is -2.10. The van der Waals surface area contributed by atoms with Gasteiger partial charge in [-0.25, -0.2) is 0 Å². The summed E-state index contributed by atoms with van der Waals surface area (Å²) in [5.41, 5.74) is 2.31. The van der Waals surface area contributed by atoms with Gasteiger partial charge in [0.2, 0.25) is 0 Å². The summed E-state index contributed by atoms with van der Waals surface area (Å²) in [6, 6.07) is 8.12. The number of methoxy groups -OCH3 is 1. The number of carbonyl (C=O) groups excluding carboxylic acids is 1. The van der Waals surface area contributed by atoms with Crippen LogP contribution in [0.25, 0.3) is 11.3 Å². The summed E-state index contributed by atoms with van der Waals surface area (Å²) in [5, 5.41) is 4.68. The van der Waals surface area contributed by atoms with Crippen molar-refractivity contribution >= 4 is 6.29 Å². The molecule has 0 N–H and O–H groups in total. The predicted molar refractivity (Wildman–Crippen MR) is 81.7 cm³/mol. The Kier molecular flexibility index (Phi) is 4.04. The van der Waals surface area contributed by atoms with Crippen molar-refractivity contribution in [2.45, 2.75) is 38.1 Å². The molecule has 1 saturated carbocycles. The molecule has 3 rings (SSSR count). The Morgan fingerprint density at radius 2 is 2.10 bits per heavy atom. The van der Waals surface area contributed by atoms with Gasteiger partial charge in [-0.2, -0.15) is 5.10 Å². The second-order valence-corrected chi connectivity index (χ2v) is 5.55. The van der Waals surface area contributed by atoms with Crippen LogP contribution in [-0.2, 0) is 0 Å². The van der Waals surface area contributed by atoms with E-state index in [0.29, 0.717) is 11.6 Å². The van der Waals surface area contributed by atoms with E-state index in [9.17, 15) is 4.79 Å². The number of nitrogens with zero attached hydrogens (tertiary/aromatic N) is 2. The van der Waals surface area contributed by atoms with Crippen molar-refractivity contribution in [2.75, 3.05) is 7.11 Å². The smallest absolute Gasteiger partial charge is 0.153 e. The maximum Gasteiger partial charge on any atom is 0.153 e. The molecule has 1 heterocycles. The molecule has 110 valence electrons. The number of ether oxygens (including phenoxy) is 1. The number of rotatable bonds is 4. The Morgan fingerprint density at radius 1 is 1.29 bits per heavy atom. The van der Waals surface area contributed by atoms with Crippen LogP contribution in [0.4, 0.5) is 0 Å². The molecule has 0 radical (unpaired) electrons. The number of aldehydes is 1. The van der Waals surface area contributed by atoms with Crippen molar-refractivity contribution in [2.24, 2.45) is 0 Å². The molecule has 1 aliphatic rings. The van der Waals surface area contributed by atoms with E-state index in [2.05, 4.69) is 5.10 Å². The van der Waals surface area contributed by atoms with Crippen molar-refractivity contribution < 1.29 is 9.53 Å². The highest BCUT2D eigenvalue weighted by molar-refractivity contribution is 5.85. The van der Waals surface area contributed by atoms with Crippen LogP contribution >= 0.6 is 0 Å². The van der Waals surface area contributed by atoms with Crippen LogP contribution in [-0.4, -0.2) is 23.2 Å². The minimum atomic E-state index is 0.428. The third kappa shape index (κ3) is 2.84. The van der Waals surface area contributed by atoms with Crippen LogP contribution in [0.3, 0.4) is 0 Å². The second-order valence-electron chi connectivity index (χ2n) is 5.55. The Balaban J connectivity index is 1.97. The molecule has 1 aromatic heterocycles. The predicted octanol–water partition coefficient (Wildman–Crippen LogP) is 3.88. The van der Waals surface area contributed by atoms with Gasteiger partial charge >= 0.3 is 0 Å². The normalized spacial score (nSPS) is 15.9. The Bertz CT molecular complexity index is 627. The van der Waals surface area contributed by atoms with Gasteiger partial charge < -0.3 is 4.74 Å². The van der Waals surface area contributed by atoms with E-state index < -0.39 is 0 Å². The molecule has 0 unspecified atom stereocenters. The lowest BCUT2D eigenvalue weighted by Gasteiger charge is -2.21. The molecule has 21 heavy (non-hydrogen) atoms. The molecule has 0 spiro atoms. The summed E-state index contributed by atoms with van der Waals surface area (Å²) < 4.78 is 7.23. The largest absolute Gasteiger partial charge is 0.497 e. The Morgan fingerprint density at radius 3 is 2.81 bits per heavy atom. The van der Waals surface area contributed by atoms with E-state index in [4.69, 9.17) is 4.74 Å². The van der Waals surface area contributed by atoms with Gasteiger partial charge in [0.1, 0.15) is 11.4 Å². The van der Waals surface area contributed by atoms with Crippen molar-refractivity contribution in [3.63, 3.8) is 0 Å².